The standard InChI is InChI=1S/C60H70F12O10/c1-11-41-17-21-45(33-51(41)79-37(7)73-15-5)55(57(61,62)63,58(64,65)66)47-23-19-43(13-3)53(35-47)81-39(9)75-29-31-77-49-25-27-50(28-26-49)78-32-30-76-40(10)82-54-36-48(24-20-44(54)14-4)56(59(67,68)69,60(70,71)72)46-22-18-42(12-2)52(34-46)80-38(8)74-16-6/h17-28,33-40H,11-16,29-32H2,1-10H3. The van der Waals surface area contributed by atoms with E-state index in [9.17, 15) is 0 Å². The van der Waals surface area contributed by atoms with Crippen LogP contribution < -0.4 is 28.4 Å². The van der Waals surface area contributed by atoms with Crippen molar-refractivity contribution in [3.05, 3.63) is 142 Å². The van der Waals surface area contributed by atoms with Gasteiger partial charge in [0, 0.05) is 13.2 Å². The van der Waals surface area contributed by atoms with Crippen molar-refractivity contribution in [2.45, 2.75) is 156 Å². The second kappa shape index (κ2) is 28.5. The molecular weight excluding hydrogens is 1110 g/mol. The molecule has 0 radical (unpaired) electrons. The number of alkyl halides is 12. The zero-order valence-electron chi connectivity index (χ0n) is 47.2. The molecule has 0 aromatic heterocycles. The van der Waals surface area contributed by atoms with Crippen molar-refractivity contribution >= 4 is 0 Å². The molecule has 5 aromatic rings. The minimum absolute atomic E-state index is 0.0576. The summed E-state index contributed by atoms with van der Waals surface area (Å²) in [5, 5.41) is 0. The highest BCUT2D eigenvalue weighted by atomic mass is 19.4. The summed E-state index contributed by atoms with van der Waals surface area (Å²) in [6, 6.07) is 17.1. The average molecular weight is 1180 g/mol. The number of hydrogen-bond acceptors (Lipinski definition) is 10. The topological polar surface area (TPSA) is 92.3 Å². The molecule has 5 rings (SSSR count). The number of ether oxygens (including phenoxy) is 10. The minimum Gasteiger partial charge on any atom is -0.491 e. The first kappa shape index (κ1) is 66.7. The van der Waals surface area contributed by atoms with E-state index in [2.05, 4.69) is 0 Å². The van der Waals surface area contributed by atoms with Crippen LogP contribution in [-0.2, 0) is 55.5 Å². The van der Waals surface area contributed by atoms with Gasteiger partial charge in [-0.05, 0) is 160 Å². The zero-order chi connectivity index (χ0) is 60.8. The van der Waals surface area contributed by atoms with Gasteiger partial charge in [0.05, 0.1) is 13.2 Å². The van der Waals surface area contributed by atoms with E-state index in [0.717, 1.165) is 60.7 Å². The van der Waals surface area contributed by atoms with Crippen molar-refractivity contribution in [1.29, 1.82) is 0 Å². The first-order chi connectivity index (χ1) is 38.6. The molecule has 0 aliphatic carbocycles. The molecule has 0 amide bonds. The largest absolute Gasteiger partial charge is 0.491 e. The van der Waals surface area contributed by atoms with Crippen molar-refractivity contribution < 1.29 is 100 Å². The Balaban J connectivity index is 1.20. The highest BCUT2D eigenvalue weighted by Gasteiger charge is 2.74. The first-order valence-electron chi connectivity index (χ1n) is 26.8. The molecule has 0 aliphatic rings. The van der Waals surface area contributed by atoms with Crippen LogP contribution in [0.2, 0.25) is 0 Å². The minimum atomic E-state index is -5.89. The smallest absolute Gasteiger partial charge is 0.411 e. The summed E-state index contributed by atoms with van der Waals surface area (Å²) in [5.74, 6) is -0.132. The van der Waals surface area contributed by atoms with Crippen molar-refractivity contribution in [3.8, 4) is 34.5 Å². The number of halogens is 12. The molecule has 0 aliphatic heterocycles. The second-order valence-corrected chi connectivity index (χ2v) is 18.8. The summed E-state index contributed by atoms with van der Waals surface area (Å²) in [7, 11) is 0. The molecular formula is C60H70F12O10. The lowest BCUT2D eigenvalue weighted by Gasteiger charge is -2.39. The lowest BCUT2D eigenvalue weighted by atomic mass is 9.72. The molecule has 4 atom stereocenters. The molecule has 0 heterocycles. The molecule has 10 nitrogen and oxygen atoms in total. The van der Waals surface area contributed by atoms with Gasteiger partial charge < -0.3 is 47.4 Å². The van der Waals surface area contributed by atoms with Gasteiger partial charge >= 0.3 is 24.7 Å². The van der Waals surface area contributed by atoms with Crippen LogP contribution in [0.3, 0.4) is 0 Å². The maximum atomic E-state index is 15.3. The average Bonchev–Trinajstić information content (AvgIpc) is 1.12. The van der Waals surface area contributed by atoms with Crippen LogP contribution in [-0.4, -0.2) is 89.5 Å². The predicted molar refractivity (Wildman–Crippen MR) is 282 cm³/mol. The molecule has 0 saturated carbocycles. The number of benzene rings is 5. The number of rotatable bonds is 30. The molecule has 0 bridgehead atoms. The van der Waals surface area contributed by atoms with Crippen molar-refractivity contribution in [2.75, 3.05) is 39.6 Å². The quantitative estimate of drug-likeness (QED) is 0.0251. The summed E-state index contributed by atoms with van der Waals surface area (Å²) in [4.78, 5) is 0. The summed E-state index contributed by atoms with van der Waals surface area (Å²) in [5.41, 5.74) is -12.1. The number of hydrogen-bond donors (Lipinski definition) is 0. The van der Waals surface area contributed by atoms with E-state index in [1.807, 2.05) is 0 Å². The summed E-state index contributed by atoms with van der Waals surface area (Å²) in [6.07, 6.45) is -26.9. The van der Waals surface area contributed by atoms with Gasteiger partial charge in [0.2, 0.25) is 10.8 Å². The molecule has 5 aromatic carbocycles. The van der Waals surface area contributed by atoms with Crippen molar-refractivity contribution in [1.82, 2.24) is 0 Å². The highest BCUT2D eigenvalue weighted by Crippen LogP contribution is 2.59. The third-order valence-corrected chi connectivity index (χ3v) is 13.4. The monoisotopic (exact) mass is 1180 g/mol. The fourth-order valence-electron chi connectivity index (χ4n) is 9.42. The fraction of sp³-hybridized carbons (Fsp3) is 0.500. The molecule has 0 saturated heterocycles. The molecule has 22 heteroatoms. The van der Waals surface area contributed by atoms with E-state index in [1.165, 1.54) is 39.8 Å². The lowest BCUT2D eigenvalue weighted by Crippen LogP contribution is -2.54. The maximum absolute atomic E-state index is 15.3. The Morgan fingerprint density at radius 3 is 0.756 bits per heavy atom. The summed E-state index contributed by atoms with van der Waals surface area (Å²) >= 11 is 0. The fourth-order valence-corrected chi connectivity index (χ4v) is 9.42. The van der Waals surface area contributed by atoms with Crippen LogP contribution in [0.1, 0.15) is 114 Å². The third kappa shape index (κ3) is 15.4. The van der Waals surface area contributed by atoms with E-state index >= 15 is 52.7 Å². The highest BCUT2D eigenvalue weighted by molar-refractivity contribution is 5.54. The Morgan fingerprint density at radius 2 is 0.549 bits per heavy atom. The maximum Gasteiger partial charge on any atom is 0.411 e. The predicted octanol–water partition coefficient (Wildman–Crippen LogP) is 15.9. The van der Waals surface area contributed by atoms with Gasteiger partial charge in [-0.25, -0.2) is 0 Å². The van der Waals surface area contributed by atoms with Crippen LogP contribution in [0.4, 0.5) is 52.7 Å². The summed E-state index contributed by atoms with van der Waals surface area (Å²) < 4.78 is 240. The van der Waals surface area contributed by atoms with E-state index in [4.69, 9.17) is 47.4 Å². The van der Waals surface area contributed by atoms with E-state index in [0.29, 0.717) is 33.8 Å². The SMILES string of the molecule is CCOC(C)Oc1cc(C(c2ccc(CC)c(OC(C)OCCOc3ccc(OCCOC(C)Oc4cc(C(c5ccc(CC)c(OC(C)OCC)c5)(C(F)(F)F)C(F)(F)F)ccc4CC)cc3)c2)(C(F)(F)F)C(F)(F)F)ccc1CC. The van der Waals surface area contributed by atoms with Crippen LogP contribution in [0.5, 0.6) is 34.5 Å². The number of aryl methyl sites for hydroxylation is 4. The molecule has 82 heavy (non-hydrogen) atoms. The molecule has 4 unspecified atom stereocenters. The molecule has 454 valence electrons. The van der Waals surface area contributed by atoms with Crippen LogP contribution in [0, 0.1) is 0 Å². The van der Waals surface area contributed by atoms with E-state index in [1.54, 1.807) is 65.8 Å². The second-order valence-electron chi connectivity index (χ2n) is 18.8. The van der Waals surface area contributed by atoms with Gasteiger partial charge in [0.15, 0.2) is 25.2 Å². The Kier molecular flexibility index (Phi) is 23.1. The van der Waals surface area contributed by atoms with Crippen LogP contribution in [0.15, 0.2) is 97.1 Å². The molecule has 0 fully saturated rings. The Morgan fingerprint density at radius 1 is 0.317 bits per heavy atom. The van der Waals surface area contributed by atoms with Gasteiger partial charge in [0.1, 0.15) is 47.7 Å². The zero-order valence-corrected chi connectivity index (χ0v) is 47.2. The van der Waals surface area contributed by atoms with Crippen molar-refractivity contribution in [3.63, 3.8) is 0 Å². The van der Waals surface area contributed by atoms with E-state index in [-0.39, 0.29) is 88.3 Å². The van der Waals surface area contributed by atoms with Gasteiger partial charge in [-0.1, -0.05) is 76.2 Å². The molecule has 0 spiro atoms. The third-order valence-electron chi connectivity index (χ3n) is 13.4. The van der Waals surface area contributed by atoms with Gasteiger partial charge in [-0.3, -0.25) is 0 Å². The Hall–Kier alpha value is -6.10. The van der Waals surface area contributed by atoms with Crippen LogP contribution >= 0.6 is 0 Å². The normalized spacial score (nSPS) is 14.2. The van der Waals surface area contributed by atoms with Gasteiger partial charge in [-0.2, -0.15) is 52.7 Å². The molecule has 0 N–H and O–H groups in total. The van der Waals surface area contributed by atoms with E-state index < -0.39 is 82.9 Å². The summed E-state index contributed by atoms with van der Waals surface area (Å²) in [6.45, 7) is 15.9. The Labute approximate surface area is 470 Å². The first-order valence-corrected chi connectivity index (χ1v) is 26.8. The van der Waals surface area contributed by atoms with Gasteiger partial charge in [0.25, 0.3) is 0 Å². The van der Waals surface area contributed by atoms with Crippen LogP contribution in [0.25, 0.3) is 0 Å². The van der Waals surface area contributed by atoms with Gasteiger partial charge in [-0.15, -0.1) is 0 Å². The Bertz CT molecular complexity index is 2580. The van der Waals surface area contributed by atoms with Crippen molar-refractivity contribution in [2.24, 2.45) is 0 Å². The lowest BCUT2D eigenvalue weighted by molar-refractivity contribution is -0.290.